The summed E-state index contributed by atoms with van der Waals surface area (Å²) in [7, 11) is 0. The first kappa shape index (κ1) is 11.5. The molecule has 0 saturated carbocycles. The van der Waals surface area contributed by atoms with Gasteiger partial charge in [0.2, 0.25) is 0 Å². The van der Waals surface area contributed by atoms with E-state index in [0.29, 0.717) is 6.04 Å². The average molecular weight is 245 g/mol. The van der Waals surface area contributed by atoms with Crippen LogP contribution in [-0.2, 0) is 13.1 Å². The van der Waals surface area contributed by atoms with Crippen LogP contribution in [0.15, 0.2) is 24.8 Å². The van der Waals surface area contributed by atoms with Crippen LogP contribution < -0.4 is 0 Å². The highest BCUT2D eigenvalue weighted by molar-refractivity contribution is 5.03. The third-order valence-corrected chi connectivity index (χ3v) is 3.55. The van der Waals surface area contributed by atoms with Crippen molar-refractivity contribution in [1.82, 2.24) is 24.2 Å². The van der Waals surface area contributed by atoms with Crippen molar-refractivity contribution in [1.29, 1.82) is 0 Å². The molecule has 0 amide bonds. The van der Waals surface area contributed by atoms with E-state index in [4.69, 9.17) is 0 Å². The highest BCUT2D eigenvalue weighted by Gasteiger charge is 2.29. The van der Waals surface area contributed by atoms with Gasteiger partial charge in [0.1, 0.15) is 5.82 Å². The summed E-state index contributed by atoms with van der Waals surface area (Å²) in [6.45, 7) is 8.30. The number of rotatable bonds is 4. The van der Waals surface area contributed by atoms with E-state index in [1.54, 1.807) is 0 Å². The number of hydrogen-bond acceptors (Lipinski definition) is 3. The van der Waals surface area contributed by atoms with Crippen molar-refractivity contribution in [2.24, 2.45) is 0 Å². The van der Waals surface area contributed by atoms with Crippen LogP contribution in [0.1, 0.15) is 24.4 Å². The second-order valence-electron chi connectivity index (χ2n) is 4.98. The van der Waals surface area contributed by atoms with Crippen LogP contribution in [-0.4, -0.2) is 37.3 Å². The maximum absolute atomic E-state index is 4.41. The Morgan fingerprint density at radius 1 is 1.39 bits per heavy atom. The van der Waals surface area contributed by atoms with Gasteiger partial charge in [0, 0.05) is 38.2 Å². The van der Waals surface area contributed by atoms with Crippen molar-refractivity contribution < 1.29 is 0 Å². The number of likely N-dealkylation sites (tertiary alicyclic amines) is 1. The minimum atomic E-state index is 0.531. The topological polar surface area (TPSA) is 38.9 Å². The first-order valence-electron chi connectivity index (χ1n) is 6.49. The fraction of sp³-hybridized carbons (Fsp3) is 0.538. The van der Waals surface area contributed by atoms with E-state index < -0.39 is 0 Å². The van der Waals surface area contributed by atoms with Gasteiger partial charge >= 0.3 is 0 Å². The lowest BCUT2D eigenvalue weighted by Gasteiger charge is -2.38. The van der Waals surface area contributed by atoms with Gasteiger partial charge in [0.05, 0.1) is 18.8 Å². The molecule has 0 unspecified atom stereocenters. The Morgan fingerprint density at radius 3 is 2.89 bits per heavy atom. The minimum Gasteiger partial charge on any atom is -0.334 e. The summed E-state index contributed by atoms with van der Waals surface area (Å²) in [6, 6.07) is 0.531. The highest BCUT2D eigenvalue weighted by Crippen LogP contribution is 2.22. The van der Waals surface area contributed by atoms with Gasteiger partial charge in [-0.15, -0.1) is 0 Å². The summed E-state index contributed by atoms with van der Waals surface area (Å²) < 4.78 is 4.28. The molecule has 1 aliphatic rings. The molecule has 1 aliphatic heterocycles. The molecule has 1 saturated heterocycles. The maximum Gasteiger partial charge on any atom is 0.122 e. The molecule has 5 nitrogen and oxygen atoms in total. The number of hydrogen-bond donors (Lipinski definition) is 0. The highest BCUT2D eigenvalue weighted by atomic mass is 15.4. The zero-order valence-corrected chi connectivity index (χ0v) is 11.0. The van der Waals surface area contributed by atoms with Crippen LogP contribution in [0.5, 0.6) is 0 Å². The Morgan fingerprint density at radius 2 is 2.22 bits per heavy atom. The van der Waals surface area contributed by atoms with Gasteiger partial charge in [-0.05, 0) is 19.4 Å². The molecule has 96 valence electrons. The Hall–Kier alpha value is -1.62. The Balaban J connectivity index is 1.56. The molecule has 0 N–H and O–H groups in total. The molecule has 0 atom stereocenters. The van der Waals surface area contributed by atoms with Gasteiger partial charge in [0.25, 0.3) is 0 Å². The maximum atomic E-state index is 4.41. The average Bonchev–Trinajstić information content (AvgIpc) is 2.91. The van der Waals surface area contributed by atoms with E-state index in [1.807, 2.05) is 18.6 Å². The first-order chi connectivity index (χ1) is 8.76. The van der Waals surface area contributed by atoms with Crippen molar-refractivity contribution >= 4 is 0 Å². The lowest BCUT2D eigenvalue weighted by atomic mass is 10.1. The van der Waals surface area contributed by atoms with Crippen LogP contribution in [0.3, 0.4) is 0 Å². The molecular formula is C13H19N5. The summed E-state index contributed by atoms with van der Waals surface area (Å²) in [4.78, 5) is 6.82. The van der Waals surface area contributed by atoms with Gasteiger partial charge in [0.15, 0.2) is 0 Å². The molecule has 2 aromatic rings. The normalized spacial score (nSPS) is 17.0. The third-order valence-electron chi connectivity index (χ3n) is 3.55. The molecule has 0 spiro atoms. The predicted molar refractivity (Wildman–Crippen MR) is 69.2 cm³/mol. The molecule has 0 bridgehead atoms. The number of aromatic nitrogens is 4. The van der Waals surface area contributed by atoms with Gasteiger partial charge in [-0.2, -0.15) is 5.10 Å². The molecule has 3 heterocycles. The predicted octanol–water partition coefficient (Wildman–Crippen LogP) is 1.46. The molecule has 1 fully saturated rings. The van der Waals surface area contributed by atoms with E-state index in [-0.39, 0.29) is 0 Å². The fourth-order valence-corrected chi connectivity index (χ4v) is 2.45. The van der Waals surface area contributed by atoms with Crippen molar-refractivity contribution in [2.45, 2.75) is 33.0 Å². The summed E-state index contributed by atoms with van der Waals surface area (Å²) in [5, 5.41) is 4.37. The van der Waals surface area contributed by atoms with E-state index in [1.165, 1.54) is 5.56 Å². The SMILES string of the molecule is CCn1ccnc1CN1CC(n2cc(C)cn2)C1. The Bertz CT molecular complexity index is 521. The standard InChI is InChI=1S/C13H19N5/c1-3-17-5-4-14-13(17)10-16-8-12(9-16)18-7-11(2)6-15-18/h4-7,12H,3,8-10H2,1-2H3. The molecule has 3 rings (SSSR count). The monoisotopic (exact) mass is 245 g/mol. The van der Waals surface area contributed by atoms with Crippen LogP contribution in [0, 0.1) is 6.92 Å². The molecule has 0 radical (unpaired) electrons. The van der Waals surface area contributed by atoms with Gasteiger partial charge in [-0.3, -0.25) is 9.58 Å². The summed E-state index contributed by atoms with van der Waals surface area (Å²) in [5.74, 6) is 1.16. The van der Waals surface area contributed by atoms with E-state index >= 15 is 0 Å². The number of aryl methyl sites for hydroxylation is 2. The van der Waals surface area contributed by atoms with E-state index in [0.717, 1.165) is 32.0 Å². The molecule has 0 aliphatic carbocycles. The van der Waals surface area contributed by atoms with E-state index in [2.05, 4.69) is 44.3 Å². The van der Waals surface area contributed by atoms with Gasteiger partial charge in [-0.1, -0.05) is 0 Å². The lowest BCUT2D eigenvalue weighted by molar-refractivity contribution is 0.0869. The molecular weight excluding hydrogens is 226 g/mol. The quantitative estimate of drug-likeness (QED) is 0.818. The molecule has 5 heteroatoms. The second kappa shape index (κ2) is 4.57. The second-order valence-corrected chi connectivity index (χ2v) is 4.98. The number of imidazole rings is 1. The van der Waals surface area contributed by atoms with Crippen LogP contribution in [0.2, 0.25) is 0 Å². The zero-order valence-electron chi connectivity index (χ0n) is 11.0. The lowest BCUT2D eigenvalue weighted by Crippen LogP contribution is -2.47. The smallest absolute Gasteiger partial charge is 0.122 e. The van der Waals surface area contributed by atoms with Gasteiger partial charge < -0.3 is 4.57 Å². The van der Waals surface area contributed by atoms with Crippen molar-refractivity contribution in [3.05, 3.63) is 36.2 Å². The molecule has 0 aromatic carbocycles. The van der Waals surface area contributed by atoms with Gasteiger partial charge in [-0.25, -0.2) is 4.98 Å². The van der Waals surface area contributed by atoms with Crippen LogP contribution in [0.25, 0.3) is 0 Å². The zero-order chi connectivity index (χ0) is 12.5. The fourth-order valence-electron chi connectivity index (χ4n) is 2.45. The Labute approximate surface area is 107 Å². The number of nitrogens with zero attached hydrogens (tertiary/aromatic N) is 5. The first-order valence-corrected chi connectivity index (χ1v) is 6.49. The van der Waals surface area contributed by atoms with Crippen molar-refractivity contribution in [3.8, 4) is 0 Å². The largest absolute Gasteiger partial charge is 0.334 e. The molecule has 18 heavy (non-hydrogen) atoms. The van der Waals surface area contributed by atoms with Crippen molar-refractivity contribution in [2.75, 3.05) is 13.1 Å². The van der Waals surface area contributed by atoms with Crippen molar-refractivity contribution in [3.63, 3.8) is 0 Å². The van der Waals surface area contributed by atoms with E-state index in [9.17, 15) is 0 Å². The summed E-state index contributed by atoms with van der Waals surface area (Å²) in [6.07, 6.45) is 7.97. The van der Waals surface area contributed by atoms with Crippen LogP contribution in [0.4, 0.5) is 0 Å². The third kappa shape index (κ3) is 2.06. The Kier molecular flexibility index (Phi) is 2.91. The minimum absolute atomic E-state index is 0.531. The summed E-state index contributed by atoms with van der Waals surface area (Å²) in [5.41, 5.74) is 1.23. The molecule has 2 aromatic heterocycles. The van der Waals surface area contributed by atoms with Crippen LogP contribution >= 0.6 is 0 Å². The summed E-state index contributed by atoms with van der Waals surface area (Å²) >= 11 is 0.